The van der Waals surface area contributed by atoms with Crippen LogP contribution in [0.1, 0.15) is 31.1 Å². The average molecular weight is 549 g/mol. The Morgan fingerprint density at radius 1 is 1.10 bits per heavy atom. The van der Waals surface area contributed by atoms with Gasteiger partial charge >= 0.3 is 0 Å². The Morgan fingerprint density at radius 3 is 2.60 bits per heavy atom. The van der Waals surface area contributed by atoms with Crippen LogP contribution in [0.5, 0.6) is 0 Å². The molecule has 0 saturated heterocycles. The number of aliphatic imine (C=N–C) groups is 1. The van der Waals surface area contributed by atoms with Gasteiger partial charge in [-0.1, -0.05) is 30.3 Å². The van der Waals surface area contributed by atoms with E-state index in [1.54, 1.807) is 6.26 Å². The molecule has 0 atom stereocenters. The number of guanidine groups is 1. The summed E-state index contributed by atoms with van der Waals surface area (Å²) in [5, 5.41) is 6.40. The maximum absolute atomic E-state index is 12.2. The topological polar surface area (TPSA) is 92.9 Å². The monoisotopic (exact) mass is 549 g/mol. The van der Waals surface area contributed by atoms with Crippen molar-refractivity contribution in [1.82, 2.24) is 10.6 Å². The number of halogens is 1. The van der Waals surface area contributed by atoms with Crippen molar-refractivity contribution in [3.8, 4) is 0 Å². The summed E-state index contributed by atoms with van der Waals surface area (Å²) >= 11 is 0. The Labute approximate surface area is 196 Å². The average Bonchev–Trinajstić information content (AvgIpc) is 3.21. The molecule has 2 rings (SSSR count). The number of rotatable bonds is 13. The van der Waals surface area contributed by atoms with Gasteiger partial charge in [0.15, 0.2) is 15.8 Å². The van der Waals surface area contributed by atoms with Crippen molar-refractivity contribution in [2.75, 3.05) is 32.0 Å². The van der Waals surface area contributed by atoms with Crippen LogP contribution in [0, 0.1) is 0 Å². The van der Waals surface area contributed by atoms with Crippen molar-refractivity contribution < 1.29 is 17.6 Å². The van der Waals surface area contributed by atoms with Crippen LogP contribution in [0.3, 0.4) is 0 Å². The van der Waals surface area contributed by atoms with E-state index in [1.807, 2.05) is 49.4 Å². The molecule has 0 saturated carbocycles. The lowest BCUT2D eigenvalue weighted by Gasteiger charge is -2.11. The highest BCUT2D eigenvalue weighted by molar-refractivity contribution is 14.0. The van der Waals surface area contributed by atoms with E-state index >= 15 is 0 Å². The van der Waals surface area contributed by atoms with Crippen LogP contribution >= 0.6 is 24.0 Å². The smallest absolute Gasteiger partial charge is 0.191 e. The minimum absolute atomic E-state index is 0. The van der Waals surface area contributed by atoms with Crippen molar-refractivity contribution in [3.05, 3.63) is 60.1 Å². The molecule has 0 aliphatic carbocycles. The van der Waals surface area contributed by atoms with Gasteiger partial charge in [0, 0.05) is 26.2 Å². The molecule has 2 aromatic rings. The van der Waals surface area contributed by atoms with Crippen LogP contribution in [0.4, 0.5) is 0 Å². The molecule has 2 N–H and O–H groups in total. The summed E-state index contributed by atoms with van der Waals surface area (Å²) in [5.41, 5.74) is 0.820. The predicted molar refractivity (Wildman–Crippen MR) is 131 cm³/mol. The Bertz CT molecular complexity index is 812. The number of sulfone groups is 1. The number of nitrogens with zero attached hydrogens (tertiary/aromatic N) is 1. The summed E-state index contributed by atoms with van der Waals surface area (Å²) in [7, 11) is -3.13. The van der Waals surface area contributed by atoms with Gasteiger partial charge in [0.1, 0.15) is 12.4 Å². The first-order valence-electron chi connectivity index (χ1n) is 9.96. The third-order valence-electron chi connectivity index (χ3n) is 4.04. The van der Waals surface area contributed by atoms with Crippen LogP contribution in [0.15, 0.2) is 58.1 Å². The normalized spacial score (nSPS) is 11.7. The van der Waals surface area contributed by atoms with E-state index < -0.39 is 9.84 Å². The van der Waals surface area contributed by atoms with Gasteiger partial charge < -0.3 is 19.8 Å². The molecule has 0 spiro atoms. The van der Waals surface area contributed by atoms with E-state index in [0.717, 1.165) is 30.8 Å². The van der Waals surface area contributed by atoms with Crippen molar-refractivity contribution in [3.63, 3.8) is 0 Å². The van der Waals surface area contributed by atoms with Crippen LogP contribution < -0.4 is 10.6 Å². The van der Waals surface area contributed by atoms with E-state index in [2.05, 4.69) is 15.6 Å². The zero-order chi connectivity index (χ0) is 20.8. The van der Waals surface area contributed by atoms with Gasteiger partial charge in [-0.3, -0.25) is 4.99 Å². The van der Waals surface area contributed by atoms with E-state index in [9.17, 15) is 8.42 Å². The molecule has 7 nitrogen and oxygen atoms in total. The van der Waals surface area contributed by atoms with Gasteiger partial charge in [-0.05, 0) is 37.5 Å². The van der Waals surface area contributed by atoms with Crippen molar-refractivity contribution in [1.29, 1.82) is 0 Å². The summed E-state index contributed by atoms with van der Waals surface area (Å²) in [5.74, 6) is 1.72. The molecule has 1 heterocycles. The first kappa shape index (κ1) is 26.4. The molecule has 0 aliphatic rings. The fourth-order valence-electron chi connectivity index (χ4n) is 2.67. The molecule has 9 heteroatoms. The summed E-state index contributed by atoms with van der Waals surface area (Å²) in [4.78, 5) is 4.46. The number of hydrogen-bond acceptors (Lipinski definition) is 5. The molecule has 0 bridgehead atoms. The standard InChI is InChI=1S/C21H31N3O4S.HI/c1-2-22-21(23-12-7-14-27-17-20-11-6-15-28-20)24-13-8-16-29(25,26)18-19-9-4-3-5-10-19;/h3-6,9-11,15H,2,7-8,12-14,16-18H2,1H3,(H2,22,23,24);1H. The first-order chi connectivity index (χ1) is 14.1. The van der Waals surface area contributed by atoms with Crippen molar-refractivity contribution >= 4 is 39.8 Å². The van der Waals surface area contributed by atoms with E-state index in [0.29, 0.717) is 32.1 Å². The zero-order valence-corrected chi connectivity index (χ0v) is 20.5. The summed E-state index contributed by atoms with van der Waals surface area (Å²) < 4.78 is 35.2. The zero-order valence-electron chi connectivity index (χ0n) is 17.4. The van der Waals surface area contributed by atoms with Gasteiger partial charge in [0.2, 0.25) is 0 Å². The molecule has 0 aliphatic heterocycles. The van der Waals surface area contributed by atoms with Gasteiger partial charge in [0.05, 0.1) is 17.8 Å². The minimum Gasteiger partial charge on any atom is -0.467 e. The predicted octanol–water partition coefficient (Wildman–Crippen LogP) is 3.36. The molecule has 30 heavy (non-hydrogen) atoms. The molecular weight excluding hydrogens is 517 g/mol. The number of ether oxygens (including phenoxy) is 1. The fraction of sp³-hybridized carbons (Fsp3) is 0.476. The summed E-state index contributed by atoms with van der Waals surface area (Å²) in [6, 6.07) is 13.0. The Morgan fingerprint density at radius 2 is 1.90 bits per heavy atom. The highest BCUT2D eigenvalue weighted by Gasteiger charge is 2.11. The lowest BCUT2D eigenvalue weighted by molar-refractivity contribution is 0.105. The van der Waals surface area contributed by atoms with Gasteiger partial charge in [0.25, 0.3) is 0 Å². The Kier molecular flexibility index (Phi) is 13.4. The molecule has 0 unspecified atom stereocenters. The van der Waals surface area contributed by atoms with Crippen molar-refractivity contribution in [2.24, 2.45) is 4.99 Å². The third kappa shape index (κ3) is 11.6. The second-order valence-corrected chi connectivity index (χ2v) is 8.79. The number of hydrogen-bond donors (Lipinski definition) is 2. The van der Waals surface area contributed by atoms with E-state index in [-0.39, 0.29) is 35.5 Å². The maximum Gasteiger partial charge on any atom is 0.191 e. The van der Waals surface area contributed by atoms with Gasteiger partial charge in [-0.25, -0.2) is 8.42 Å². The summed E-state index contributed by atoms with van der Waals surface area (Å²) in [6.07, 6.45) is 2.96. The fourth-order valence-corrected chi connectivity index (χ4v) is 4.08. The molecule has 168 valence electrons. The largest absolute Gasteiger partial charge is 0.467 e. The maximum atomic E-state index is 12.2. The lowest BCUT2D eigenvalue weighted by atomic mass is 10.2. The molecule has 0 fully saturated rings. The Balaban J connectivity index is 0.00000450. The highest BCUT2D eigenvalue weighted by atomic mass is 127. The quantitative estimate of drug-likeness (QED) is 0.172. The first-order valence-corrected chi connectivity index (χ1v) is 11.8. The SMILES string of the molecule is CCNC(=NCCCS(=O)(=O)Cc1ccccc1)NCCCOCc1ccco1.I. The molecule has 0 amide bonds. The van der Waals surface area contributed by atoms with E-state index in [4.69, 9.17) is 9.15 Å². The lowest BCUT2D eigenvalue weighted by Crippen LogP contribution is -2.38. The number of benzene rings is 1. The second-order valence-electron chi connectivity index (χ2n) is 6.60. The van der Waals surface area contributed by atoms with Crippen molar-refractivity contribution in [2.45, 2.75) is 32.1 Å². The highest BCUT2D eigenvalue weighted by Crippen LogP contribution is 2.07. The van der Waals surface area contributed by atoms with Crippen LogP contribution in [0.25, 0.3) is 0 Å². The molecule has 1 aromatic heterocycles. The van der Waals surface area contributed by atoms with Gasteiger partial charge in [-0.15, -0.1) is 24.0 Å². The van der Waals surface area contributed by atoms with Crippen LogP contribution in [0.2, 0.25) is 0 Å². The molecule has 0 radical (unpaired) electrons. The minimum atomic E-state index is -3.13. The number of nitrogens with one attached hydrogen (secondary N) is 2. The second kappa shape index (κ2) is 15.2. The van der Waals surface area contributed by atoms with Crippen LogP contribution in [-0.4, -0.2) is 46.4 Å². The number of furan rings is 1. The van der Waals surface area contributed by atoms with E-state index in [1.165, 1.54) is 0 Å². The van der Waals surface area contributed by atoms with Crippen LogP contribution in [-0.2, 0) is 26.9 Å². The van der Waals surface area contributed by atoms with Gasteiger partial charge in [-0.2, -0.15) is 0 Å². The third-order valence-corrected chi connectivity index (χ3v) is 5.72. The Hall–Kier alpha value is -1.59. The summed E-state index contributed by atoms with van der Waals surface area (Å²) in [6.45, 7) is 5.00. The molecule has 1 aromatic carbocycles. The molecular formula is C21H32IN3O4S.